The maximum atomic E-state index is 12.2. The standard InChI is InChI=1S/C21H19N3O2/c1-15(20-11-6-14-26-20)22-23-21(25)12-13-24-18-9-4-2-7-16(18)17-8-3-5-10-19(17)24/h2-11,14H,12-13H2,1H3,(H,23,25)/b22-15-. The molecule has 0 unspecified atom stereocenters. The first kappa shape index (κ1) is 16.1. The molecule has 2 aromatic carbocycles. The van der Waals surface area contributed by atoms with Crippen LogP contribution in [0.3, 0.4) is 0 Å². The molecule has 2 heterocycles. The van der Waals surface area contributed by atoms with Gasteiger partial charge >= 0.3 is 0 Å². The number of hydrogen-bond donors (Lipinski definition) is 1. The second-order valence-corrected chi connectivity index (χ2v) is 6.15. The van der Waals surface area contributed by atoms with E-state index in [1.165, 1.54) is 10.8 Å². The quantitative estimate of drug-likeness (QED) is 0.433. The number of rotatable bonds is 5. The predicted octanol–water partition coefficient (Wildman–Crippen LogP) is 4.32. The zero-order valence-corrected chi connectivity index (χ0v) is 14.5. The Morgan fingerprint density at radius 1 is 1.00 bits per heavy atom. The maximum Gasteiger partial charge on any atom is 0.241 e. The molecule has 0 aliphatic carbocycles. The minimum atomic E-state index is -0.127. The van der Waals surface area contributed by atoms with Gasteiger partial charge in [0.15, 0.2) is 0 Å². The lowest BCUT2D eigenvalue weighted by Crippen LogP contribution is -2.20. The van der Waals surface area contributed by atoms with Gasteiger partial charge in [0.25, 0.3) is 0 Å². The largest absolute Gasteiger partial charge is 0.463 e. The molecule has 130 valence electrons. The first-order valence-corrected chi connectivity index (χ1v) is 8.57. The van der Waals surface area contributed by atoms with E-state index in [4.69, 9.17) is 4.42 Å². The zero-order chi connectivity index (χ0) is 17.9. The van der Waals surface area contributed by atoms with Gasteiger partial charge in [-0.2, -0.15) is 5.10 Å². The van der Waals surface area contributed by atoms with Gasteiger partial charge in [-0.1, -0.05) is 36.4 Å². The number of nitrogens with one attached hydrogen (secondary N) is 1. The summed E-state index contributed by atoms with van der Waals surface area (Å²) in [6.45, 7) is 2.39. The van der Waals surface area contributed by atoms with Crippen molar-refractivity contribution >= 4 is 33.4 Å². The Labute approximate surface area is 150 Å². The van der Waals surface area contributed by atoms with Crippen LogP contribution in [-0.4, -0.2) is 16.2 Å². The highest BCUT2D eigenvalue weighted by Gasteiger charge is 2.11. The molecule has 0 bridgehead atoms. The summed E-state index contributed by atoms with van der Waals surface area (Å²) in [5, 5.41) is 6.51. The number of nitrogens with zero attached hydrogens (tertiary/aromatic N) is 2. The van der Waals surface area contributed by atoms with Crippen molar-refractivity contribution < 1.29 is 9.21 Å². The van der Waals surface area contributed by atoms with Gasteiger partial charge in [0.1, 0.15) is 11.5 Å². The second kappa shape index (κ2) is 6.88. The van der Waals surface area contributed by atoms with Crippen LogP contribution in [0.4, 0.5) is 0 Å². The number of aromatic nitrogens is 1. The van der Waals surface area contributed by atoms with E-state index < -0.39 is 0 Å². The van der Waals surface area contributed by atoms with Gasteiger partial charge in [0.2, 0.25) is 5.91 Å². The average Bonchev–Trinajstić information content (AvgIpc) is 3.31. The monoisotopic (exact) mass is 345 g/mol. The van der Waals surface area contributed by atoms with Crippen molar-refractivity contribution in [3.05, 3.63) is 72.7 Å². The molecular weight excluding hydrogens is 326 g/mol. The third kappa shape index (κ3) is 2.99. The molecule has 1 N–H and O–H groups in total. The van der Waals surface area contributed by atoms with Crippen LogP contribution in [0.2, 0.25) is 0 Å². The number of carbonyl (C=O) groups is 1. The maximum absolute atomic E-state index is 12.2. The van der Waals surface area contributed by atoms with Gasteiger partial charge < -0.3 is 8.98 Å². The van der Waals surface area contributed by atoms with Crippen molar-refractivity contribution in [2.75, 3.05) is 0 Å². The van der Waals surface area contributed by atoms with Gasteiger partial charge in [0.05, 0.1) is 6.26 Å². The summed E-state index contributed by atoms with van der Waals surface area (Å²) in [6, 6.07) is 20.1. The number of benzene rings is 2. The average molecular weight is 345 g/mol. The Hall–Kier alpha value is -3.34. The van der Waals surface area contributed by atoms with Gasteiger partial charge in [-0.15, -0.1) is 0 Å². The molecule has 26 heavy (non-hydrogen) atoms. The van der Waals surface area contributed by atoms with E-state index in [0.717, 1.165) is 11.0 Å². The fraction of sp³-hybridized carbons (Fsp3) is 0.143. The molecular formula is C21H19N3O2. The van der Waals surface area contributed by atoms with Crippen LogP contribution in [0.1, 0.15) is 19.1 Å². The molecule has 0 aliphatic rings. The first-order valence-electron chi connectivity index (χ1n) is 8.57. The van der Waals surface area contributed by atoms with E-state index in [1.54, 1.807) is 19.3 Å². The van der Waals surface area contributed by atoms with Crippen molar-refractivity contribution in [2.24, 2.45) is 5.10 Å². The number of hydrogen-bond acceptors (Lipinski definition) is 3. The predicted molar refractivity (Wildman–Crippen MR) is 103 cm³/mol. The molecule has 0 saturated carbocycles. The molecule has 0 radical (unpaired) electrons. The number of carbonyl (C=O) groups excluding carboxylic acids is 1. The van der Waals surface area contributed by atoms with Gasteiger partial charge in [0, 0.05) is 34.8 Å². The van der Waals surface area contributed by atoms with Crippen LogP contribution < -0.4 is 5.43 Å². The van der Waals surface area contributed by atoms with E-state index in [2.05, 4.69) is 39.4 Å². The molecule has 0 saturated heterocycles. The summed E-state index contributed by atoms with van der Waals surface area (Å²) in [5.74, 6) is 0.519. The van der Waals surface area contributed by atoms with E-state index in [1.807, 2.05) is 30.3 Å². The highest BCUT2D eigenvalue weighted by Crippen LogP contribution is 2.28. The fourth-order valence-electron chi connectivity index (χ4n) is 3.20. The number of hydrazone groups is 1. The highest BCUT2D eigenvalue weighted by molar-refractivity contribution is 6.08. The molecule has 4 rings (SSSR count). The minimum Gasteiger partial charge on any atom is -0.463 e. The molecule has 1 amide bonds. The number of aryl methyl sites for hydroxylation is 1. The first-order chi connectivity index (χ1) is 12.7. The molecule has 0 aliphatic heterocycles. The van der Waals surface area contributed by atoms with E-state index in [-0.39, 0.29) is 5.91 Å². The smallest absolute Gasteiger partial charge is 0.241 e. The summed E-state index contributed by atoms with van der Waals surface area (Å²) < 4.78 is 7.44. The Bertz CT molecular complexity index is 1040. The SMILES string of the molecule is C/C(=N/NC(=O)CCn1c2ccccc2c2ccccc21)c1ccco1. The molecule has 2 aromatic heterocycles. The van der Waals surface area contributed by atoms with Gasteiger partial charge in [-0.25, -0.2) is 5.43 Å². The number of amides is 1. The molecule has 5 nitrogen and oxygen atoms in total. The van der Waals surface area contributed by atoms with Gasteiger partial charge in [-0.3, -0.25) is 4.79 Å². The van der Waals surface area contributed by atoms with Crippen LogP contribution in [0.15, 0.2) is 76.4 Å². The second-order valence-electron chi connectivity index (χ2n) is 6.15. The zero-order valence-electron chi connectivity index (χ0n) is 14.5. The Morgan fingerprint density at radius 2 is 1.65 bits per heavy atom. The topological polar surface area (TPSA) is 59.5 Å². The van der Waals surface area contributed by atoms with Crippen LogP contribution >= 0.6 is 0 Å². The van der Waals surface area contributed by atoms with E-state index in [0.29, 0.717) is 24.4 Å². The fourth-order valence-corrected chi connectivity index (χ4v) is 3.20. The van der Waals surface area contributed by atoms with Gasteiger partial charge in [-0.05, 0) is 31.2 Å². The van der Waals surface area contributed by atoms with Crippen molar-refractivity contribution in [3.8, 4) is 0 Å². The van der Waals surface area contributed by atoms with E-state index >= 15 is 0 Å². The van der Waals surface area contributed by atoms with Crippen molar-refractivity contribution in [1.82, 2.24) is 9.99 Å². The van der Waals surface area contributed by atoms with Crippen molar-refractivity contribution in [2.45, 2.75) is 19.9 Å². The highest BCUT2D eigenvalue weighted by atomic mass is 16.3. The Morgan fingerprint density at radius 3 is 2.27 bits per heavy atom. The third-order valence-corrected chi connectivity index (χ3v) is 4.47. The number of furan rings is 1. The summed E-state index contributed by atoms with van der Waals surface area (Å²) in [4.78, 5) is 12.2. The van der Waals surface area contributed by atoms with Crippen molar-refractivity contribution in [1.29, 1.82) is 0 Å². The molecule has 5 heteroatoms. The third-order valence-electron chi connectivity index (χ3n) is 4.47. The lowest BCUT2D eigenvalue weighted by Gasteiger charge is -2.07. The summed E-state index contributed by atoms with van der Waals surface area (Å²) in [7, 11) is 0. The van der Waals surface area contributed by atoms with Crippen LogP contribution in [0, 0.1) is 0 Å². The Kier molecular flexibility index (Phi) is 4.27. The normalized spacial score (nSPS) is 12.0. The summed E-state index contributed by atoms with van der Waals surface area (Å²) in [6.07, 6.45) is 1.93. The minimum absolute atomic E-state index is 0.127. The molecule has 0 atom stereocenters. The molecule has 4 aromatic rings. The number of fused-ring (bicyclic) bond motifs is 3. The number of para-hydroxylation sites is 2. The van der Waals surface area contributed by atoms with Crippen molar-refractivity contribution in [3.63, 3.8) is 0 Å². The Balaban J connectivity index is 1.52. The molecule has 0 spiro atoms. The lowest BCUT2D eigenvalue weighted by molar-refractivity contribution is -0.121. The summed E-state index contributed by atoms with van der Waals surface area (Å²) >= 11 is 0. The van der Waals surface area contributed by atoms with E-state index in [9.17, 15) is 4.79 Å². The lowest BCUT2D eigenvalue weighted by atomic mass is 10.2. The van der Waals surface area contributed by atoms with Crippen LogP contribution in [0.25, 0.3) is 21.8 Å². The van der Waals surface area contributed by atoms with Crippen LogP contribution in [-0.2, 0) is 11.3 Å². The van der Waals surface area contributed by atoms with Crippen LogP contribution in [0.5, 0.6) is 0 Å². The summed E-state index contributed by atoms with van der Waals surface area (Å²) in [5.41, 5.74) is 5.52. The molecule has 0 fully saturated rings.